The lowest BCUT2D eigenvalue weighted by molar-refractivity contribution is 0.267. The molecule has 0 spiro atoms. The number of hydrogen-bond donors (Lipinski definition) is 1. The van der Waals surface area contributed by atoms with Crippen LogP contribution in [0.4, 0.5) is 0 Å². The molecule has 1 aromatic rings. The molecule has 86 valence electrons. The lowest BCUT2D eigenvalue weighted by atomic mass is 10.1. The third-order valence-electron chi connectivity index (χ3n) is 2.58. The molecular weight excluding hydrogens is 190 g/mol. The van der Waals surface area contributed by atoms with Crippen molar-refractivity contribution in [2.45, 2.75) is 58.6 Å². The maximum absolute atomic E-state index is 8.98. The summed E-state index contributed by atoms with van der Waals surface area (Å²) in [5.41, 5.74) is 0.809. The van der Waals surface area contributed by atoms with E-state index < -0.39 is 0 Å². The normalized spacial score (nSPS) is 10.8. The van der Waals surface area contributed by atoms with Crippen LogP contribution in [0.2, 0.25) is 0 Å². The summed E-state index contributed by atoms with van der Waals surface area (Å²) in [5.74, 6) is 0. The van der Waals surface area contributed by atoms with Crippen molar-refractivity contribution in [2.75, 3.05) is 0 Å². The predicted molar refractivity (Wildman–Crippen MR) is 59.3 cm³/mol. The van der Waals surface area contributed by atoms with Gasteiger partial charge < -0.3 is 5.11 Å². The summed E-state index contributed by atoms with van der Waals surface area (Å²) in [6.07, 6.45) is 9.25. The van der Waals surface area contributed by atoms with Crippen LogP contribution in [0.1, 0.15) is 51.1 Å². The van der Waals surface area contributed by atoms with Crippen LogP contribution in [0.15, 0.2) is 6.20 Å². The van der Waals surface area contributed by atoms with Crippen LogP contribution < -0.4 is 0 Å². The van der Waals surface area contributed by atoms with E-state index in [1.807, 2.05) is 0 Å². The predicted octanol–water partition coefficient (Wildman–Crippen LogP) is 2.13. The molecule has 1 rings (SSSR count). The Kier molecular flexibility index (Phi) is 6.00. The number of unbranched alkanes of at least 4 members (excludes halogenated alkanes) is 5. The van der Waals surface area contributed by atoms with Gasteiger partial charge in [-0.05, 0) is 6.42 Å². The first-order chi connectivity index (χ1) is 7.38. The molecule has 0 aromatic carbocycles. The molecule has 15 heavy (non-hydrogen) atoms. The molecule has 4 nitrogen and oxygen atoms in total. The first-order valence-electron chi connectivity index (χ1n) is 5.86. The van der Waals surface area contributed by atoms with Gasteiger partial charge in [-0.2, -0.15) is 0 Å². The number of aromatic nitrogens is 3. The van der Waals surface area contributed by atoms with Gasteiger partial charge in [-0.15, -0.1) is 5.10 Å². The van der Waals surface area contributed by atoms with Gasteiger partial charge >= 0.3 is 0 Å². The van der Waals surface area contributed by atoms with E-state index in [2.05, 4.69) is 17.2 Å². The molecule has 1 aromatic heterocycles. The molecule has 0 aliphatic rings. The summed E-state index contributed by atoms with van der Waals surface area (Å²) in [4.78, 5) is 0. The van der Waals surface area contributed by atoms with E-state index in [-0.39, 0.29) is 6.61 Å². The highest BCUT2D eigenvalue weighted by atomic mass is 16.3. The minimum atomic E-state index is 0.0306. The van der Waals surface area contributed by atoms with E-state index >= 15 is 0 Å². The fraction of sp³-hybridized carbons (Fsp3) is 0.818. The van der Waals surface area contributed by atoms with E-state index in [9.17, 15) is 0 Å². The largest absolute Gasteiger partial charge is 0.390 e. The number of nitrogens with zero attached hydrogens (tertiary/aromatic N) is 3. The lowest BCUT2D eigenvalue weighted by Crippen LogP contribution is -2.05. The maximum atomic E-state index is 8.98. The molecule has 4 heteroatoms. The average Bonchev–Trinajstić information content (AvgIpc) is 2.70. The molecule has 0 aliphatic heterocycles. The smallest absolute Gasteiger partial charge is 0.0866 e. The molecule has 0 atom stereocenters. The summed E-state index contributed by atoms with van der Waals surface area (Å²) >= 11 is 0. The van der Waals surface area contributed by atoms with Crippen molar-refractivity contribution in [3.63, 3.8) is 0 Å². The Morgan fingerprint density at radius 1 is 1.20 bits per heavy atom. The molecule has 1 heterocycles. The highest BCUT2D eigenvalue weighted by molar-refractivity contribution is 4.90. The fourth-order valence-corrected chi connectivity index (χ4v) is 1.63. The second-order valence-corrected chi connectivity index (χ2v) is 3.87. The first kappa shape index (κ1) is 12.2. The Morgan fingerprint density at radius 2 is 1.93 bits per heavy atom. The van der Waals surface area contributed by atoms with Crippen LogP contribution in [0.3, 0.4) is 0 Å². The van der Waals surface area contributed by atoms with Gasteiger partial charge in [-0.25, -0.2) is 4.68 Å². The van der Waals surface area contributed by atoms with Crippen molar-refractivity contribution in [3.05, 3.63) is 11.9 Å². The summed E-state index contributed by atoms with van der Waals surface area (Å²) in [5, 5.41) is 16.7. The zero-order valence-electron chi connectivity index (χ0n) is 9.52. The van der Waals surface area contributed by atoms with E-state index in [1.165, 1.54) is 32.1 Å². The number of hydrogen-bond acceptors (Lipinski definition) is 3. The van der Waals surface area contributed by atoms with Crippen molar-refractivity contribution in [1.82, 2.24) is 15.0 Å². The van der Waals surface area contributed by atoms with Crippen molar-refractivity contribution in [1.29, 1.82) is 0 Å². The van der Waals surface area contributed by atoms with Crippen molar-refractivity contribution >= 4 is 0 Å². The number of aliphatic hydroxyl groups excluding tert-OH is 1. The third-order valence-corrected chi connectivity index (χ3v) is 2.58. The zero-order chi connectivity index (χ0) is 10.9. The summed E-state index contributed by atoms with van der Waals surface area (Å²) in [6, 6.07) is 0. The molecule has 0 unspecified atom stereocenters. The minimum Gasteiger partial charge on any atom is -0.390 e. The van der Waals surface area contributed by atoms with Gasteiger partial charge in [-0.3, -0.25) is 0 Å². The Balaban J connectivity index is 2.09. The van der Waals surface area contributed by atoms with Crippen LogP contribution >= 0.6 is 0 Å². The Morgan fingerprint density at radius 3 is 2.67 bits per heavy atom. The summed E-state index contributed by atoms with van der Waals surface area (Å²) in [6.45, 7) is 3.13. The van der Waals surface area contributed by atoms with Gasteiger partial charge in [-0.1, -0.05) is 44.2 Å². The van der Waals surface area contributed by atoms with Crippen LogP contribution in [0.5, 0.6) is 0 Å². The zero-order valence-corrected chi connectivity index (χ0v) is 9.52. The Labute approximate surface area is 91.3 Å². The van der Waals surface area contributed by atoms with Crippen LogP contribution in [-0.2, 0) is 13.2 Å². The first-order valence-corrected chi connectivity index (χ1v) is 5.86. The second-order valence-electron chi connectivity index (χ2n) is 3.87. The van der Waals surface area contributed by atoms with E-state index in [0.717, 1.165) is 18.7 Å². The molecule has 1 N–H and O–H groups in total. The Hall–Kier alpha value is -0.900. The highest BCUT2D eigenvalue weighted by Gasteiger charge is 2.00. The van der Waals surface area contributed by atoms with Gasteiger partial charge in [0.15, 0.2) is 0 Å². The van der Waals surface area contributed by atoms with Gasteiger partial charge in [0.25, 0.3) is 0 Å². The number of rotatable bonds is 8. The molecule has 0 saturated heterocycles. The minimum absolute atomic E-state index is 0.0306. The van der Waals surface area contributed by atoms with Crippen LogP contribution in [0.25, 0.3) is 0 Å². The highest BCUT2D eigenvalue weighted by Crippen LogP contribution is 2.06. The molecule has 0 fully saturated rings. The van der Waals surface area contributed by atoms with Crippen molar-refractivity contribution in [2.24, 2.45) is 0 Å². The van der Waals surface area contributed by atoms with Gasteiger partial charge in [0.1, 0.15) is 0 Å². The van der Waals surface area contributed by atoms with E-state index in [4.69, 9.17) is 5.11 Å². The molecule has 0 radical (unpaired) electrons. The molecule has 0 amide bonds. The van der Waals surface area contributed by atoms with Gasteiger partial charge in [0.05, 0.1) is 18.5 Å². The van der Waals surface area contributed by atoms with Crippen LogP contribution in [-0.4, -0.2) is 20.1 Å². The molecule has 0 saturated carbocycles. The lowest BCUT2D eigenvalue weighted by Gasteiger charge is -2.03. The summed E-state index contributed by atoms with van der Waals surface area (Å²) in [7, 11) is 0. The Bertz CT molecular complexity index is 260. The molecule has 0 bridgehead atoms. The molecular formula is C11H21N3O. The summed E-state index contributed by atoms with van der Waals surface area (Å²) < 4.78 is 1.79. The van der Waals surface area contributed by atoms with E-state index in [0.29, 0.717) is 0 Å². The second kappa shape index (κ2) is 7.40. The topological polar surface area (TPSA) is 50.9 Å². The average molecular weight is 211 g/mol. The van der Waals surface area contributed by atoms with Gasteiger partial charge in [0.2, 0.25) is 0 Å². The fourth-order valence-electron chi connectivity index (χ4n) is 1.63. The van der Waals surface area contributed by atoms with Gasteiger partial charge in [0, 0.05) is 6.54 Å². The van der Waals surface area contributed by atoms with Crippen molar-refractivity contribution < 1.29 is 5.11 Å². The number of aliphatic hydroxyl groups is 1. The number of aryl methyl sites for hydroxylation is 1. The maximum Gasteiger partial charge on any atom is 0.0866 e. The third kappa shape index (κ3) is 4.42. The SMILES string of the molecule is CCCCCCCCn1nncc1CO. The monoisotopic (exact) mass is 211 g/mol. The quantitative estimate of drug-likeness (QED) is 0.670. The molecule has 0 aliphatic carbocycles. The van der Waals surface area contributed by atoms with E-state index in [1.54, 1.807) is 10.9 Å². The van der Waals surface area contributed by atoms with Crippen LogP contribution in [0, 0.1) is 0 Å². The van der Waals surface area contributed by atoms with Crippen molar-refractivity contribution in [3.8, 4) is 0 Å². The standard InChI is InChI=1S/C11H21N3O/c1-2-3-4-5-6-7-8-14-11(10-15)9-12-13-14/h9,15H,2-8,10H2,1H3.